The molecule has 0 aliphatic rings. The molecule has 1 atom stereocenters. The lowest BCUT2D eigenvalue weighted by Crippen LogP contribution is -2.40. The Kier molecular flexibility index (Phi) is 10.3. The fraction of sp³-hybridized carbons (Fsp3) is 0.303. The standard InChI is InChI=1S/C33H35ClN2O4S/c1-33(2,3)36-31(37)17-18-41-30(16-13-22-7-4-5-10-28(22)32(38)39)24-8-6-9-27(19-24)40-21-26-15-12-23-11-14-25(34)20-29(23)35-26/h4-12,14-15,19-20,30H,13,16-18,21H2,1-3H3,(H,36,37)(H,38,39). The number of aromatic nitrogens is 1. The molecule has 4 aromatic rings. The zero-order valence-electron chi connectivity index (χ0n) is 23.5. The number of rotatable bonds is 12. The van der Waals surface area contributed by atoms with Crippen molar-refractivity contribution in [1.82, 2.24) is 10.3 Å². The number of aromatic carboxylic acids is 1. The van der Waals surface area contributed by atoms with Crippen LogP contribution in [-0.2, 0) is 17.8 Å². The Morgan fingerprint density at radius 1 is 1.02 bits per heavy atom. The Morgan fingerprint density at radius 3 is 2.59 bits per heavy atom. The van der Waals surface area contributed by atoms with Gasteiger partial charge in [0.15, 0.2) is 0 Å². The summed E-state index contributed by atoms with van der Waals surface area (Å²) in [4.78, 5) is 28.8. The number of carboxylic acid groups (broad SMARTS) is 1. The highest BCUT2D eigenvalue weighted by molar-refractivity contribution is 7.99. The second kappa shape index (κ2) is 13.9. The zero-order valence-corrected chi connectivity index (χ0v) is 25.1. The summed E-state index contributed by atoms with van der Waals surface area (Å²) in [5.74, 6) is 0.448. The van der Waals surface area contributed by atoms with Crippen molar-refractivity contribution in [2.45, 2.75) is 57.4 Å². The third-order valence-corrected chi connectivity index (χ3v) is 8.00. The van der Waals surface area contributed by atoms with Crippen LogP contribution in [0.15, 0.2) is 78.9 Å². The van der Waals surface area contributed by atoms with E-state index in [4.69, 9.17) is 16.3 Å². The van der Waals surface area contributed by atoms with Gasteiger partial charge < -0.3 is 15.2 Å². The van der Waals surface area contributed by atoms with E-state index in [1.807, 2.05) is 81.4 Å². The summed E-state index contributed by atoms with van der Waals surface area (Å²) >= 11 is 7.84. The lowest BCUT2D eigenvalue weighted by Gasteiger charge is -2.21. The maximum absolute atomic E-state index is 12.4. The smallest absolute Gasteiger partial charge is 0.335 e. The van der Waals surface area contributed by atoms with Gasteiger partial charge in [-0.15, -0.1) is 0 Å². The van der Waals surface area contributed by atoms with E-state index in [0.717, 1.165) is 33.5 Å². The van der Waals surface area contributed by atoms with Gasteiger partial charge in [-0.2, -0.15) is 11.8 Å². The quantitative estimate of drug-likeness (QED) is 0.174. The van der Waals surface area contributed by atoms with E-state index in [2.05, 4.69) is 16.4 Å². The Balaban J connectivity index is 1.47. The molecule has 8 heteroatoms. The number of nitrogens with zero attached hydrogens (tertiary/aromatic N) is 1. The van der Waals surface area contributed by atoms with E-state index in [-0.39, 0.29) is 16.7 Å². The number of hydrogen-bond donors (Lipinski definition) is 2. The highest BCUT2D eigenvalue weighted by atomic mass is 35.5. The molecule has 1 amide bonds. The number of amides is 1. The normalized spacial score (nSPS) is 12.2. The van der Waals surface area contributed by atoms with Gasteiger partial charge in [0.05, 0.1) is 16.8 Å². The van der Waals surface area contributed by atoms with Crippen molar-refractivity contribution in [3.05, 3.63) is 106 Å². The molecule has 1 aromatic heterocycles. The highest BCUT2D eigenvalue weighted by Gasteiger charge is 2.18. The topological polar surface area (TPSA) is 88.5 Å². The molecule has 0 spiro atoms. The lowest BCUT2D eigenvalue weighted by molar-refractivity contribution is -0.122. The molecule has 2 N–H and O–H groups in total. The summed E-state index contributed by atoms with van der Waals surface area (Å²) in [6.07, 6.45) is 1.72. The first-order chi connectivity index (χ1) is 19.6. The lowest BCUT2D eigenvalue weighted by atomic mass is 9.99. The third kappa shape index (κ3) is 9.23. The zero-order chi connectivity index (χ0) is 29.4. The van der Waals surface area contributed by atoms with Gasteiger partial charge in [0.1, 0.15) is 12.4 Å². The van der Waals surface area contributed by atoms with E-state index in [9.17, 15) is 14.7 Å². The SMILES string of the molecule is CC(C)(C)NC(=O)CCSC(CCc1ccccc1C(=O)O)c1cccc(OCc2ccc3ccc(Cl)cc3n2)c1. The van der Waals surface area contributed by atoms with Crippen LogP contribution in [0.1, 0.15) is 66.0 Å². The second-order valence-electron chi connectivity index (χ2n) is 10.9. The van der Waals surface area contributed by atoms with Crippen LogP contribution in [0.2, 0.25) is 5.02 Å². The van der Waals surface area contributed by atoms with Gasteiger partial charge in [0, 0.05) is 33.4 Å². The van der Waals surface area contributed by atoms with E-state index in [1.165, 1.54) is 0 Å². The van der Waals surface area contributed by atoms with Crippen molar-refractivity contribution in [2.75, 3.05) is 5.75 Å². The van der Waals surface area contributed by atoms with Gasteiger partial charge in [-0.1, -0.05) is 54.1 Å². The van der Waals surface area contributed by atoms with Crippen LogP contribution in [-0.4, -0.2) is 33.3 Å². The van der Waals surface area contributed by atoms with Crippen LogP contribution in [0.3, 0.4) is 0 Å². The summed E-state index contributed by atoms with van der Waals surface area (Å²) in [6, 6.07) is 24.6. The van der Waals surface area contributed by atoms with Gasteiger partial charge in [-0.05, 0) is 81.1 Å². The molecule has 6 nitrogen and oxygen atoms in total. The maximum atomic E-state index is 12.4. The van der Waals surface area contributed by atoms with Gasteiger partial charge in [-0.3, -0.25) is 4.79 Å². The molecule has 0 saturated carbocycles. The van der Waals surface area contributed by atoms with Crippen molar-refractivity contribution in [3.63, 3.8) is 0 Å². The number of hydrogen-bond acceptors (Lipinski definition) is 5. The number of benzene rings is 3. The minimum Gasteiger partial charge on any atom is -0.487 e. The molecule has 0 aliphatic heterocycles. The fourth-order valence-corrected chi connectivity index (χ4v) is 5.91. The largest absolute Gasteiger partial charge is 0.487 e. The number of thioether (sulfide) groups is 1. The van der Waals surface area contributed by atoms with Crippen LogP contribution in [0, 0.1) is 0 Å². The Hall–Kier alpha value is -3.55. The van der Waals surface area contributed by atoms with Crippen LogP contribution in [0.25, 0.3) is 10.9 Å². The summed E-state index contributed by atoms with van der Waals surface area (Å²) in [5.41, 5.74) is 3.52. The van der Waals surface area contributed by atoms with Gasteiger partial charge in [0.2, 0.25) is 5.91 Å². The molecular weight excluding hydrogens is 556 g/mol. The van der Waals surface area contributed by atoms with E-state index in [0.29, 0.717) is 42.2 Å². The van der Waals surface area contributed by atoms with E-state index >= 15 is 0 Å². The predicted molar refractivity (Wildman–Crippen MR) is 167 cm³/mol. The number of carbonyl (C=O) groups is 2. The maximum Gasteiger partial charge on any atom is 0.335 e. The molecule has 0 fully saturated rings. The summed E-state index contributed by atoms with van der Waals surface area (Å²) in [5, 5.41) is 14.3. The molecule has 3 aromatic carbocycles. The summed E-state index contributed by atoms with van der Waals surface area (Å²) in [6.45, 7) is 6.21. The number of halogens is 1. The molecule has 0 radical (unpaired) electrons. The number of pyridine rings is 1. The molecule has 1 unspecified atom stereocenters. The fourth-order valence-electron chi connectivity index (χ4n) is 4.53. The number of nitrogens with one attached hydrogen (secondary N) is 1. The van der Waals surface area contributed by atoms with Gasteiger partial charge in [0.25, 0.3) is 0 Å². The Morgan fingerprint density at radius 2 is 1.80 bits per heavy atom. The Bertz CT molecular complexity index is 1520. The molecule has 4 rings (SSSR count). The molecule has 1 heterocycles. The average molecular weight is 591 g/mol. The molecule has 0 saturated heterocycles. The van der Waals surface area contributed by atoms with Crippen molar-refractivity contribution in [2.24, 2.45) is 0 Å². The third-order valence-electron chi connectivity index (χ3n) is 6.41. The Labute approximate surface area is 250 Å². The first kappa shape index (κ1) is 30.4. The van der Waals surface area contributed by atoms with E-state index in [1.54, 1.807) is 23.9 Å². The summed E-state index contributed by atoms with van der Waals surface area (Å²) < 4.78 is 6.13. The number of aryl methyl sites for hydroxylation is 1. The molecule has 0 bridgehead atoms. The van der Waals surface area contributed by atoms with Gasteiger partial charge >= 0.3 is 5.97 Å². The molecular formula is C33H35ClN2O4S. The highest BCUT2D eigenvalue weighted by Crippen LogP contribution is 2.36. The van der Waals surface area contributed by atoms with Crippen molar-refractivity contribution in [1.29, 1.82) is 0 Å². The minimum absolute atomic E-state index is 0.0150. The second-order valence-corrected chi connectivity index (χ2v) is 12.7. The van der Waals surface area contributed by atoms with Crippen molar-refractivity contribution >= 4 is 46.1 Å². The minimum atomic E-state index is -0.927. The van der Waals surface area contributed by atoms with Crippen LogP contribution in [0.4, 0.5) is 0 Å². The number of fused-ring (bicyclic) bond motifs is 1. The molecule has 214 valence electrons. The number of ether oxygens (including phenoxy) is 1. The monoisotopic (exact) mass is 590 g/mol. The van der Waals surface area contributed by atoms with Crippen molar-refractivity contribution in [3.8, 4) is 5.75 Å². The first-order valence-electron chi connectivity index (χ1n) is 13.6. The van der Waals surface area contributed by atoms with Crippen LogP contribution >= 0.6 is 23.4 Å². The van der Waals surface area contributed by atoms with Crippen LogP contribution in [0.5, 0.6) is 5.75 Å². The summed E-state index contributed by atoms with van der Waals surface area (Å²) in [7, 11) is 0. The van der Waals surface area contributed by atoms with E-state index < -0.39 is 5.97 Å². The molecule has 41 heavy (non-hydrogen) atoms. The van der Waals surface area contributed by atoms with Crippen LogP contribution < -0.4 is 10.1 Å². The van der Waals surface area contributed by atoms with Gasteiger partial charge in [-0.25, -0.2) is 9.78 Å². The first-order valence-corrected chi connectivity index (χ1v) is 15.0. The predicted octanol–water partition coefficient (Wildman–Crippen LogP) is 7.88. The van der Waals surface area contributed by atoms with Crippen molar-refractivity contribution < 1.29 is 19.4 Å². The average Bonchev–Trinajstić information content (AvgIpc) is 2.92. The molecule has 0 aliphatic carbocycles. The number of carboxylic acids is 1. The number of carbonyl (C=O) groups excluding carboxylic acids is 1.